The number of oxime groups is 1. The molecule has 6 nitrogen and oxygen atoms in total. The number of halogens is 5. The Kier molecular flexibility index (Phi) is 7.13. The number of benzene rings is 3. The van der Waals surface area contributed by atoms with Crippen molar-refractivity contribution in [1.82, 2.24) is 9.78 Å². The maximum absolute atomic E-state index is 14.3. The van der Waals surface area contributed by atoms with E-state index in [4.69, 9.17) is 28.0 Å². The van der Waals surface area contributed by atoms with Gasteiger partial charge < -0.3 is 10.2 Å². The van der Waals surface area contributed by atoms with E-state index in [0.29, 0.717) is 28.9 Å². The highest BCUT2D eigenvalue weighted by atomic mass is 35.5. The molecule has 0 saturated heterocycles. The van der Waals surface area contributed by atoms with E-state index in [1.807, 2.05) is 30.3 Å². The molecule has 2 heterocycles. The van der Waals surface area contributed by atoms with Crippen molar-refractivity contribution < 1.29 is 22.8 Å². The Morgan fingerprint density at radius 3 is 2.46 bits per heavy atom. The molecule has 39 heavy (non-hydrogen) atoms. The van der Waals surface area contributed by atoms with Crippen molar-refractivity contribution in [3.05, 3.63) is 117 Å². The average Bonchev–Trinajstić information content (AvgIpc) is 3.52. The first-order valence-electron chi connectivity index (χ1n) is 11.8. The maximum Gasteiger partial charge on any atom is 0.435 e. The summed E-state index contributed by atoms with van der Waals surface area (Å²) in [5.41, 5.74) is 0.00418. The van der Waals surface area contributed by atoms with E-state index in [1.165, 1.54) is 18.2 Å². The number of anilines is 1. The minimum atomic E-state index is -4.80. The molecular formula is C28H21Cl2F3N4O2. The van der Waals surface area contributed by atoms with Gasteiger partial charge in [0.1, 0.15) is 0 Å². The van der Waals surface area contributed by atoms with Crippen molar-refractivity contribution in [2.45, 2.75) is 31.7 Å². The van der Waals surface area contributed by atoms with Gasteiger partial charge in [0.2, 0.25) is 0 Å². The van der Waals surface area contributed by atoms with E-state index in [-0.39, 0.29) is 27.2 Å². The predicted molar refractivity (Wildman–Crippen MR) is 143 cm³/mol. The van der Waals surface area contributed by atoms with Crippen LogP contribution in [-0.4, -0.2) is 27.6 Å². The number of carbonyl (C=O) groups excluding carboxylic acids is 1. The molecule has 0 radical (unpaired) electrons. The monoisotopic (exact) mass is 572 g/mol. The van der Waals surface area contributed by atoms with Gasteiger partial charge in [-0.25, -0.2) is 0 Å². The molecule has 4 aromatic rings. The molecule has 5 rings (SSSR count). The third-order valence-electron chi connectivity index (χ3n) is 6.40. The van der Waals surface area contributed by atoms with Gasteiger partial charge in [-0.2, -0.15) is 18.3 Å². The number of aromatic nitrogens is 2. The molecule has 3 aromatic carbocycles. The van der Waals surface area contributed by atoms with Gasteiger partial charge in [-0.05, 0) is 53.9 Å². The minimum Gasteiger partial charge on any atom is -0.374 e. The van der Waals surface area contributed by atoms with E-state index in [1.54, 1.807) is 42.2 Å². The molecule has 1 aromatic heterocycles. The molecule has 1 amide bonds. The first-order chi connectivity index (χ1) is 18.5. The number of nitrogens with one attached hydrogen (secondary N) is 1. The molecule has 1 aliphatic heterocycles. The van der Waals surface area contributed by atoms with Crippen molar-refractivity contribution in [1.29, 1.82) is 0 Å². The van der Waals surface area contributed by atoms with E-state index >= 15 is 0 Å². The van der Waals surface area contributed by atoms with Gasteiger partial charge in [-0.15, -0.1) is 0 Å². The van der Waals surface area contributed by atoms with Gasteiger partial charge in [-0.3, -0.25) is 9.48 Å². The zero-order valence-corrected chi connectivity index (χ0v) is 22.0. The lowest BCUT2D eigenvalue weighted by Gasteiger charge is -2.29. The van der Waals surface area contributed by atoms with Crippen LogP contribution in [0.25, 0.3) is 0 Å². The van der Waals surface area contributed by atoms with Crippen LogP contribution in [0.1, 0.15) is 39.0 Å². The highest BCUT2D eigenvalue weighted by molar-refractivity contribution is 6.34. The van der Waals surface area contributed by atoms with Crippen molar-refractivity contribution in [3.8, 4) is 0 Å². The van der Waals surface area contributed by atoms with Gasteiger partial charge in [0.25, 0.3) is 11.5 Å². The largest absolute Gasteiger partial charge is 0.435 e. The molecular weight excluding hydrogens is 552 g/mol. The number of alkyl halides is 3. The summed E-state index contributed by atoms with van der Waals surface area (Å²) in [6.45, 7) is 2.25. The summed E-state index contributed by atoms with van der Waals surface area (Å²) in [7, 11) is 0. The zero-order valence-electron chi connectivity index (χ0n) is 20.5. The van der Waals surface area contributed by atoms with Crippen LogP contribution in [0.5, 0.6) is 0 Å². The summed E-state index contributed by atoms with van der Waals surface area (Å²) in [4.78, 5) is 18.0. The smallest absolute Gasteiger partial charge is 0.374 e. The van der Waals surface area contributed by atoms with Crippen LogP contribution in [-0.2, 0) is 17.0 Å². The molecule has 1 atom stereocenters. The van der Waals surface area contributed by atoms with Gasteiger partial charge in [-0.1, -0.05) is 64.8 Å². The number of aryl methyl sites for hydroxylation is 1. The normalized spacial score (nSPS) is 17.0. The van der Waals surface area contributed by atoms with Crippen LogP contribution in [0.2, 0.25) is 10.0 Å². The second kappa shape index (κ2) is 10.4. The van der Waals surface area contributed by atoms with Crippen LogP contribution in [0, 0.1) is 6.92 Å². The predicted octanol–water partition coefficient (Wildman–Crippen LogP) is 7.38. The van der Waals surface area contributed by atoms with Crippen LogP contribution in [0.3, 0.4) is 0 Å². The van der Waals surface area contributed by atoms with Crippen LogP contribution in [0.15, 0.2) is 84.3 Å². The van der Waals surface area contributed by atoms with Crippen LogP contribution in [0.4, 0.5) is 18.9 Å². The molecule has 200 valence electrons. The second-order valence-electron chi connectivity index (χ2n) is 9.18. The fraction of sp³-hybridized carbons (Fsp3) is 0.179. The van der Waals surface area contributed by atoms with Crippen molar-refractivity contribution >= 4 is 40.5 Å². The van der Waals surface area contributed by atoms with E-state index in [9.17, 15) is 18.0 Å². The van der Waals surface area contributed by atoms with Crippen molar-refractivity contribution in [2.75, 3.05) is 5.32 Å². The minimum absolute atomic E-state index is 0.0509. The van der Waals surface area contributed by atoms with Crippen molar-refractivity contribution in [2.24, 2.45) is 5.16 Å². The molecule has 1 unspecified atom stereocenters. The summed E-state index contributed by atoms with van der Waals surface area (Å²) in [6.07, 6.45) is -2.11. The number of hydrogen-bond donors (Lipinski definition) is 1. The fourth-order valence-corrected chi connectivity index (χ4v) is 4.95. The Morgan fingerprint density at radius 2 is 1.79 bits per heavy atom. The van der Waals surface area contributed by atoms with Crippen molar-refractivity contribution in [3.63, 3.8) is 0 Å². The molecule has 0 fully saturated rings. The van der Waals surface area contributed by atoms with Gasteiger partial charge in [0, 0.05) is 33.8 Å². The summed E-state index contributed by atoms with van der Waals surface area (Å²) in [6, 6.07) is 18.1. The first kappa shape index (κ1) is 26.8. The Balaban J connectivity index is 1.32. The lowest BCUT2D eigenvalue weighted by Crippen LogP contribution is -2.42. The molecule has 0 saturated carbocycles. The highest BCUT2D eigenvalue weighted by Crippen LogP contribution is 2.49. The summed E-state index contributed by atoms with van der Waals surface area (Å²) in [5, 5.41) is 11.0. The van der Waals surface area contributed by atoms with Gasteiger partial charge in [0.15, 0.2) is 0 Å². The third kappa shape index (κ3) is 5.51. The SMILES string of the molecule is Cc1cc(C2=NOC(c3cc(Cl)cc(Cl)c3)(C(F)(F)F)C2)ccc1C(=O)Nc1cnn(Cc2ccccc2)c1. The number of amides is 1. The second-order valence-corrected chi connectivity index (χ2v) is 10.1. The molecule has 1 N–H and O–H groups in total. The zero-order chi connectivity index (χ0) is 27.8. The highest BCUT2D eigenvalue weighted by Gasteiger charge is 2.62. The van der Waals surface area contributed by atoms with Crippen LogP contribution < -0.4 is 5.32 Å². The molecule has 11 heteroatoms. The third-order valence-corrected chi connectivity index (χ3v) is 6.83. The van der Waals surface area contributed by atoms with Gasteiger partial charge in [0.05, 0.1) is 24.1 Å². The Bertz CT molecular complexity index is 1550. The first-order valence-corrected chi connectivity index (χ1v) is 12.6. The lowest BCUT2D eigenvalue weighted by atomic mass is 9.86. The van der Waals surface area contributed by atoms with Gasteiger partial charge >= 0.3 is 6.18 Å². The standard InChI is InChI=1S/C28H21Cl2F3N4O2/c1-17-9-19(25-13-27(39-36-25,28(31,32)33)20-10-21(29)12-22(30)11-20)7-8-24(17)26(38)35-23-14-34-37(16-23)15-18-5-3-2-4-6-18/h2-12,14,16H,13,15H2,1H3,(H,35,38). The number of nitrogens with zero attached hydrogens (tertiary/aromatic N) is 3. The average molecular weight is 573 g/mol. The topological polar surface area (TPSA) is 68.5 Å². The summed E-state index contributed by atoms with van der Waals surface area (Å²) < 4.78 is 44.6. The van der Waals surface area contributed by atoms with E-state index < -0.39 is 18.2 Å². The Labute approximate surface area is 232 Å². The molecule has 1 aliphatic rings. The number of rotatable bonds is 6. The quantitative estimate of drug-likeness (QED) is 0.262. The Hall–Kier alpha value is -3.82. The maximum atomic E-state index is 14.3. The lowest BCUT2D eigenvalue weighted by molar-refractivity contribution is -0.275. The van der Waals surface area contributed by atoms with Crippen LogP contribution >= 0.6 is 23.2 Å². The Morgan fingerprint density at radius 1 is 1.08 bits per heavy atom. The molecule has 0 bridgehead atoms. The van der Waals surface area contributed by atoms with E-state index in [0.717, 1.165) is 5.56 Å². The number of carbonyl (C=O) groups is 1. The fourth-order valence-electron chi connectivity index (χ4n) is 4.43. The number of hydrogen-bond acceptors (Lipinski definition) is 4. The summed E-state index contributed by atoms with van der Waals surface area (Å²) in [5.74, 6) is -0.374. The summed E-state index contributed by atoms with van der Waals surface area (Å²) >= 11 is 11.9. The molecule has 0 spiro atoms. The molecule has 0 aliphatic carbocycles. The van der Waals surface area contributed by atoms with E-state index in [2.05, 4.69) is 15.6 Å².